The van der Waals surface area contributed by atoms with Crippen molar-refractivity contribution in [1.29, 1.82) is 0 Å². The van der Waals surface area contributed by atoms with Crippen molar-refractivity contribution < 1.29 is 17.3 Å². The van der Waals surface area contributed by atoms with E-state index in [9.17, 15) is 0 Å². The third-order valence-electron chi connectivity index (χ3n) is 6.20. The number of nitrogens with one attached hydrogen (secondary N) is 1. The Kier molecular flexibility index (Phi) is 16.1. The summed E-state index contributed by atoms with van der Waals surface area (Å²) in [5.74, 6) is 0. The maximum Gasteiger partial charge on any atom is 0.123 e. The van der Waals surface area contributed by atoms with Gasteiger partial charge in [-0.3, -0.25) is 0 Å². The summed E-state index contributed by atoms with van der Waals surface area (Å²) in [6.07, 6.45) is 19.4. The molecule has 0 aliphatic heterocycles. The molecule has 27 heavy (non-hydrogen) atoms. The zero-order chi connectivity index (χ0) is 19.1. The predicted octanol–water partition coefficient (Wildman–Crippen LogP) is 3.53. The average molecular weight is 396 g/mol. The van der Waals surface area contributed by atoms with Gasteiger partial charge in [0, 0.05) is 18.4 Å². The van der Waals surface area contributed by atoms with Crippen LogP contribution in [0.4, 0.5) is 0 Å². The van der Waals surface area contributed by atoms with Gasteiger partial charge in [0.05, 0.1) is 14.1 Å². The van der Waals surface area contributed by atoms with Crippen LogP contribution in [0.2, 0.25) is 0 Å². The molecule has 0 bridgehead atoms. The van der Waals surface area contributed by atoms with Gasteiger partial charge in [-0.05, 0) is 12.8 Å². The van der Waals surface area contributed by atoms with Crippen LogP contribution in [0, 0.1) is 0 Å². The van der Waals surface area contributed by atoms with E-state index in [0.29, 0.717) is 5.54 Å². The average Bonchev–Trinajstić information content (AvgIpc) is 2.66. The van der Waals surface area contributed by atoms with Crippen LogP contribution in [0.25, 0.3) is 0 Å². The van der Waals surface area contributed by atoms with Crippen LogP contribution in [-0.2, 0) is 5.54 Å². The normalized spacial score (nSPS) is 11.6. The van der Waals surface area contributed by atoms with Gasteiger partial charge in [0.1, 0.15) is 5.54 Å². The summed E-state index contributed by atoms with van der Waals surface area (Å²) in [5.41, 5.74) is 1.86. The van der Waals surface area contributed by atoms with Crippen LogP contribution in [0.15, 0.2) is 30.3 Å². The fourth-order valence-electron chi connectivity index (χ4n) is 4.37. The van der Waals surface area contributed by atoms with Crippen molar-refractivity contribution in [3.63, 3.8) is 0 Å². The third kappa shape index (κ3) is 9.99. The van der Waals surface area contributed by atoms with Gasteiger partial charge in [-0.2, -0.15) is 0 Å². The van der Waals surface area contributed by atoms with Crippen LogP contribution < -0.4 is 17.3 Å². The van der Waals surface area contributed by atoms with Crippen LogP contribution in [0.5, 0.6) is 0 Å². The highest BCUT2D eigenvalue weighted by Gasteiger charge is 2.37. The summed E-state index contributed by atoms with van der Waals surface area (Å²) < 4.78 is 0. The first kappa shape index (κ1) is 26.5. The molecule has 0 aliphatic rings. The van der Waals surface area contributed by atoms with Crippen LogP contribution in [0.1, 0.15) is 109 Å². The fourth-order valence-corrected chi connectivity index (χ4v) is 4.37. The van der Waals surface area contributed by atoms with Gasteiger partial charge in [-0.15, -0.1) is 0 Å². The van der Waals surface area contributed by atoms with Crippen molar-refractivity contribution in [2.75, 3.05) is 14.1 Å². The first-order valence-electron chi connectivity index (χ1n) is 11.5. The smallest absolute Gasteiger partial charge is 0.123 e. The Morgan fingerprint density at radius 1 is 0.630 bits per heavy atom. The number of hydrogen-bond acceptors (Lipinski definition) is 0. The molecule has 1 aromatic carbocycles. The molecule has 0 saturated heterocycles. The molecule has 0 spiro atoms. The lowest BCUT2D eigenvalue weighted by Gasteiger charge is -2.38. The fraction of sp³-hybridized carbons (Fsp3) is 0.760. The second-order valence-corrected chi connectivity index (χ2v) is 8.48. The van der Waals surface area contributed by atoms with E-state index in [-0.39, 0.29) is 12.4 Å². The zero-order valence-corrected chi connectivity index (χ0v) is 19.4. The van der Waals surface area contributed by atoms with Crippen LogP contribution >= 0.6 is 0 Å². The number of unbranched alkanes of at least 4 members (excludes halogenated alkanes) is 10. The molecule has 0 unspecified atom stereocenters. The molecule has 1 aromatic rings. The van der Waals surface area contributed by atoms with Crippen molar-refractivity contribution in [3.8, 4) is 0 Å². The lowest BCUT2D eigenvalue weighted by molar-refractivity contribution is -0.925. The predicted molar refractivity (Wildman–Crippen MR) is 117 cm³/mol. The standard InChI is InChI=1S/C25H45N.ClH/c1-5-7-9-11-13-18-22-25(26(3)4,24-20-16-15-17-21-24)23-19-14-12-10-8-6-2;/h15-17,20-21H,5-14,18-19,22-23H2,1-4H3;1H. The van der Waals surface area contributed by atoms with E-state index < -0.39 is 0 Å². The van der Waals surface area contributed by atoms with Crippen LogP contribution in [-0.4, -0.2) is 14.1 Å². The molecule has 0 fully saturated rings. The van der Waals surface area contributed by atoms with E-state index in [1.165, 1.54) is 89.9 Å². The Morgan fingerprint density at radius 3 is 1.44 bits per heavy atom. The van der Waals surface area contributed by atoms with Gasteiger partial charge in [0.15, 0.2) is 0 Å². The largest absolute Gasteiger partial charge is 1.00 e. The van der Waals surface area contributed by atoms with E-state index in [1.807, 2.05) is 0 Å². The van der Waals surface area contributed by atoms with Crippen molar-refractivity contribution in [3.05, 3.63) is 35.9 Å². The highest BCUT2D eigenvalue weighted by atomic mass is 35.5. The minimum atomic E-state index is 0. The summed E-state index contributed by atoms with van der Waals surface area (Å²) in [5, 5.41) is 0. The molecule has 0 atom stereocenters. The van der Waals surface area contributed by atoms with Gasteiger partial charge >= 0.3 is 0 Å². The van der Waals surface area contributed by atoms with Gasteiger partial charge in [0.25, 0.3) is 0 Å². The van der Waals surface area contributed by atoms with Crippen molar-refractivity contribution in [1.82, 2.24) is 0 Å². The molecule has 0 saturated carbocycles. The Bertz CT molecular complexity index is 413. The number of quaternary nitrogens is 1. The first-order chi connectivity index (χ1) is 12.7. The number of hydrogen-bond donors (Lipinski definition) is 1. The molecule has 0 radical (unpaired) electrons. The molecule has 0 amide bonds. The summed E-state index contributed by atoms with van der Waals surface area (Å²) >= 11 is 0. The molecule has 0 aliphatic carbocycles. The maximum atomic E-state index is 2.38. The van der Waals surface area contributed by atoms with E-state index in [0.717, 1.165) is 0 Å². The van der Waals surface area contributed by atoms with E-state index in [1.54, 1.807) is 10.5 Å². The molecule has 0 heterocycles. The molecule has 158 valence electrons. The Labute approximate surface area is 176 Å². The maximum absolute atomic E-state index is 2.38. The molecule has 1 nitrogen and oxygen atoms in total. The van der Waals surface area contributed by atoms with Crippen molar-refractivity contribution in [2.45, 2.75) is 109 Å². The Balaban J connectivity index is 0.00000676. The Morgan fingerprint density at radius 2 is 1.04 bits per heavy atom. The monoisotopic (exact) mass is 395 g/mol. The van der Waals surface area contributed by atoms with Crippen molar-refractivity contribution >= 4 is 0 Å². The second kappa shape index (κ2) is 16.4. The van der Waals surface area contributed by atoms with Crippen molar-refractivity contribution in [2.24, 2.45) is 0 Å². The minimum Gasteiger partial charge on any atom is -1.00 e. The molecule has 1 rings (SSSR count). The van der Waals surface area contributed by atoms with E-state index in [2.05, 4.69) is 58.3 Å². The second-order valence-electron chi connectivity index (χ2n) is 8.48. The SMILES string of the molecule is CCCCCCCCC(CCCCCCCC)(c1ccccc1)[NH+](C)C.[Cl-]. The summed E-state index contributed by atoms with van der Waals surface area (Å²) in [4.78, 5) is 1.62. The van der Waals surface area contributed by atoms with Gasteiger partial charge in [0.2, 0.25) is 0 Å². The Hall–Kier alpha value is -0.530. The van der Waals surface area contributed by atoms with Gasteiger partial charge < -0.3 is 17.3 Å². The first-order valence-corrected chi connectivity index (χ1v) is 11.5. The highest BCUT2D eigenvalue weighted by molar-refractivity contribution is 5.22. The highest BCUT2D eigenvalue weighted by Crippen LogP contribution is 2.30. The van der Waals surface area contributed by atoms with E-state index >= 15 is 0 Å². The van der Waals surface area contributed by atoms with Crippen LogP contribution in [0.3, 0.4) is 0 Å². The number of benzene rings is 1. The molecule has 2 heteroatoms. The molecular weight excluding hydrogens is 350 g/mol. The quantitative estimate of drug-likeness (QED) is 0.408. The lowest BCUT2D eigenvalue weighted by Crippen LogP contribution is -3.13. The topological polar surface area (TPSA) is 4.44 Å². The van der Waals surface area contributed by atoms with E-state index in [4.69, 9.17) is 0 Å². The third-order valence-corrected chi connectivity index (χ3v) is 6.20. The molecule has 0 aromatic heterocycles. The molecular formula is C25H46ClN. The summed E-state index contributed by atoms with van der Waals surface area (Å²) in [7, 11) is 4.75. The summed E-state index contributed by atoms with van der Waals surface area (Å²) in [6.45, 7) is 4.60. The zero-order valence-electron chi connectivity index (χ0n) is 18.7. The molecule has 1 N–H and O–H groups in total. The lowest BCUT2D eigenvalue weighted by atomic mass is 9.79. The van der Waals surface area contributed by atoms with Gasteiger partial charge in [-0.25, -0.2) is 0 Å². The number of rotatable bonds is 16. The van der Waals surface area contributed by atoms with Gasteiger partial charge in [-0.1, -0.05) is 108 Å². The summed E-state index contributed by atoms with van der Waals surface area (Å²) in [6, 6.07) is 11.4. The minimum absolute atomic E-state index is 0. The number of halogens is 1.